The summed E-state index contributed by atoms with van der Waals surface area (Å²) in [5.41, 5.74) is 2.66. The Morgan fingerprint density at radius 3 is 2.40 bits per heavy atom. The van der Waals surface area contributed by atoms with Gasteiger partial charge in [0.1, 0.15) is 5.69 Å². The fraction of sp³-hybridized carbons (Fsp3) is 0.129. The van der Waals surface area contributed by atoms with Crippen LogP contribution in [0.4, 0.5) is 11.4 Å². The van der Waals surface area contributed by atoms with Crippen LogP contribution in [0.1, 0.15) is 20.8 Å². The number of aryl methyl sites for hydroxylation is 1. The smallest absolute Gasteiger partial charge is 0.293 e. The molecule has 0 aliphatic carbocycles. The van der Waals surface area contributed by atoms with E-state index in [1.165, 1.54) is 24.3 Å². The molecule has 1 amide bonds. The van der Waals surface area contributed by atoms with Crippen molar-refractivity contribution in [1.29, 1.82) is 0 Å². The van der Waals surface area contributed by atoms with Gasteiger partial charge in [0.15, 0.2) is 0 Å². The Bertz CT molecular complexity index is 1910. The first-order chi connectivity index (χ1) is 20.7. The number of hydrogen-bond donors (Lipinski definition) is 3. The molecule has 5 aromatic rings. The number of hydrogen-bond acceptors (Lipinski definition) is 9. The highest BCUT2D eigenvalue weighted by Crippen LogP contribution is 2.34. The number of aliphatic hydroxyl groups excluding tert-OH is 1. The van der Waals surface area contributed by atoms with E-state index < -0.39 is 31.4 Å². The number of nitrogens with zero attached hydrogens (tertiary/aromatic N) is 1. The minimum absolute atomic E-state index is 0.0178. The molecule has 0 spiro atoms. The highest BCUT2D eigenvalue weighted by Gasteiger charge is 2.24. The molecule has 0 fully saturated rings. The third kappa shape index (κ3) is 6.89. The molecule has 0 unspecified atom stereocenters. The van der Waals surface area contributed by atoms with Gasteiger partial charge < -0.3 is 10.4 Å². The number of aliphatic hydroxyl groups is 1. The number of thioether (sulfide) groups is 1. The number of nitrogens with one attached hydrogen (secondary N) is 2. The standard InChI is InChI=1S/C31H27N3O6S3/c1-20-26-17-23(11-14-29(26)42-30(20)19-35)21-7-9-22(10-8-21)31(36)33-43(39,40)25-12-13-27(28(18-25)34(37)38)32-15-16-41-24-5-3-2-4-6-24/h2-14,17-18,32,35H,15-16,19H2,1H3,(H,33,36). The van der Waals surface area contributed by atoms with Crippen molar-refractivity contribution in [2.24, 2.45) is 0 Å². The molecule has 220 valence electrons. The molecule has 43 heavy (non-hydrogen) atoms. The van der Waals surface area contributed by atoms with Crippen LogP contribution < -0.4 is 10.0 Å². The summed E-state index contributed by atoms with van der Waals surface area (Å²) in [7, 11) is -4.39. The third-order valence-electron chi connectivity index (χ3n) is 6.79. The second-order valence-electron chi connectivity index (χ2n) is 9.56. The summed E-state index contributed by atoms with van der Waals surface area (Å²) in [4.78, 5) is 25.5. The monoisotopic (exact) mass is 633 g/mol. The number of rotatable bonds is 11. The number of anilines is 1. The van der Waals surface area contributed by atoms with Crippen molar-refractivity contribution in [3.63, 3.8) is 0 Å². The maximum atomic E-state index is 13.0. The third-order valence-corrected chi connectivity index (χ3v) is 10.4. The van der Waals surface area contributed by atoms with E-state index in [1.807, 2.05) is 60.2 Å². The summed E-state index contributed by atoms with van der Waals surface area (Å²) in [6.45, 7) is 2.37. The Labute approximate surface area is 256 Å². The Kier molecular flexibility index (Phi) is 9.11. The van der Waals surface area contributed by atoms with Gasteiger partial charge in [-0.1, -0.05) is 36.4 Å². The number of thiophene rings is 1. The zero-order valence-corrected chi connectivity index (χ0v) is 25.4. The number of benzene rings is 4. The largest absolute Gasteiger partial charge is 0.391 e. The van der Waals surface area contributed by atoms with E-state index in [-0.39, 0.29) is 17.9 Å². The first-order valence-corrected chi connectivity index (χ1v) is 16.5. The predicted octanol–water partition coefficient (Wildman–Crippen LogP) is 6.60. The van der Waals surface area contributed by atoms with Crippen molar-refractivity contribution < 1.29 is 23.2 Å². The van der Waals surface area contributed by atoms with Gasteiger partial charge in [0, 0.05) is 38.4 Å². The van der Waals surface area contributed by atoms with Gasteiger partial charge in [-0.05, 0) is 77.5 Å². The molecule has 9 nitrogen and oxygen atoms in total. The van der Waals surface area contributed by atoms with Crippen molar-refractivity contribution in [2.75, 3.05) is 17.6 Å². The molecular weight excluding hydrogens is 607 g/mol. The Morgan fingerprint density at radius 2 is 1.70 bits per heavy atom. The van der Waals surface area contributed by atoms with E-state index >= 15 is 0 Å². The molecule has 1 heterocycles. The molecule has 0 bridgehead atoms. The Hall–Kier alpha value is -4.23. The van der Waals surface area contributed by atoms with Gasteiger partial charge in [0.25, 0.3) is 21.6 Å². The zero-order chi connectivity index (χ0) is 30.6. The highest BCUT2D eigenvalue weighted by atomic mass is 32.2. The zero-order valence-electron chi connectivity index (χ0n) is 22.9. The van der Waals surface area contributed by atoms with Crippen LogP contribution in [0.2, 0.25) is 0 Å². The van der Waals surface area contributed by atoms with Crippen LogP contribution in [-0.4, -0.2) is 36.7 Å². The molecular formula is C31H27N3O6S3. The van der Waals surface area contributed by atoms with E-state index in [1.54, 1.807) is 35.2 Å². The predicted molar refractivity (Wildman–Crippen MR) is 171 cm³/mol. The van der Waals surface area contributed by atoms with Crippen LogP contribution in [0, 0.1) is 17.0 Å². The van der Waals surface area contributed by atoms with Gasteiger partial charge >= 0.3 is 0 Å². The highest BCUT2D eigenvalue weighted by molar-refractivity contribution is 7.99. The van der Waals surface area contributed by atoms with Crippen LogP contribution in [0.5, 0.6) is 0 Å². The summed E-state index contributed by atoms with van der Waals surface area (Å²) in [6, 6.07) is 25.6. The number of sulfonamides is 1. The van der Waals surface area contributed by atoms with Gasteiger partial charge in [-0.15, -0.1) is 23.1 Å². The summed E-state index contributed by atoms with van der Waals surface area (Å²) in [6.07, 6.45) is 0. The molecule has 5 rings (SSSR count). The number of fused-ring (bicyclic) bond motifs is 1. The van der Waals surface area contributed by atoms with Crippen LogP contribution in [0.25, 0.3) is 21.2 Å². The van der Waals surface area contributed by atoms with Crippen LogP contribution in [0.15, 0.2) is 101 Å². The fourth-order valence-electron chi connectivity index (χ4n) is 4.51. The van der Waals surface area contributed by atoms with E-state index in [4.69, 9.17) is 0 Å². The van der Waals surface area contributed by atoms with E-state index in [0.717, 1.165) is 42.6 Å². The number of carbonyl (C=O) groups excluding carboxylic acids is 1. The van der Waals surface area contributed by atoms with Crippen LogP contribution in [0.3, 0.4) is 0 Å². The molecule has 3 N–H and O–H groups in total. The van der Waals surface area contributed by atoms with Crippen molar-refractivity contribution in [2.45, 2.75) is 23.3 Å². The van der Waals surface area contributed by atoms with Crippen LogP contribution in [-0.2, 0) is 16.6 Å². The normalized spacial score (nSPS) is 11.4. The second-order valence-corrected chi connectivity index (χ2v) is 13.5. The van der Waals surface area contributed by atoms with Crippen LogP contribution >= 0.6 is 23.1 Å². The quantitative estimate of drug-likeness (QED) is 0.0640. The second kappa shape index (κ2) is 13.0. The molecule has 0 radical (unpaired) electrons. The maximum Gasteiger partial charge on any atom is 0.293 e. The lowest BCUT2D eigenvalue weighted by molar-refractivity contribution is -0.384. The summed E-state index contributed by atoms with van der Waals surface area (Å²) in [5, 5.41) is 25.3. The summed E-state index contributed by atoms with van der Waals surface area (Å²) >= 11 is 3.13. The minimum atomic E-state index is -4.39. The number of carbonyl (C=O) groups is 1. The van der Waals surface area contributed by atoms with Crippen molar-refractivity contribution in [3.05, 3.63) is 117 Å². The molecule has 12 heteroatoms. The van der Waals surface area contributed by atoms with E-state index in [9.17, 15) is 28.4 Å². The van der Waals surface area contributed by atoms with Gasteiger partial charge in [-0.2, -0.15) is 0 Å². The lowest BCUT2D eigenvalue weighted by Crippen LogP contribution is -2.30. The molecule has 0 atom stereocenters. The van der Waals surface area contributed by atoms with E-state index in [0.29, 0.717) is 12.3 Å². The van der Waals surface area contributed by atoms with Gasteiger partial charge in [-0.3, -0.25) is 14.9 Å². The number of nitro benzene ring substituents is 1. The first kappa shape index (κ1) is 30.2. The fourth-order valence-corrected chi connectivity index (χ4v) is 7.34. The average Bonchev–Trinajstić information content (AvgIpc) is 3.34. The average molecular weight is 634 g/mol. The SMILES string of the molecule is Cc1c(CO)sc2ccc(-c3ccc(C(=O)NS(=O)(=O)c4ccc(NCCSc5ccccc5)c([N+](=O)[O-])c4)cc3)cc12. The maximum absolute atomic E-state index is 13.0. The molecule has 0 aliphatic heterocycles. The van der Waals surface area contributed by atoms with Crippen molar-refractivity contribution >= 4 is 60.5 Å². The molecule has 1 aromatic heterocycles. The molecule has 0 aliphatic rings. The number of amides is 1. The van der Waals surface area contributed by atoms with Gasteiger partial charge in [0.05, 0.1) is 16.4 Å². The topological polar surface area (TPSA) is 139 Å². The molecule has 0 saturated carbocycles. The van der Waals surface area contributed by atoms with Gasteiger partial charge in [0.2, 0.25) is 0 Å². The Morgan fingerprint density at radius 1 is 0.977 bits per heavy atom. The van der Waals surface area contributed by atoms with Crippen molar-refractivity contribution in [1.82, 2.24) is 4.72 Å². The van der Waals surface area contributed by atoms with Gasteiger partial charge in [-0.25, -0.2) is 13.1 Å². The Balaban J connectivity index is 1.26. The first-order valence-electron chi connectivity index (χ1n) is 13.2. The lowest BCUT2D eigenvalue weighted by Gasteiger charge is -2.11. The lowest BCUT2D eigenvalue weighted by atomic mass is 10.0. The molecule has 4 aromatic carbocycles. The summed E-state index contributed by atoms with van der Waals surface area (Å²) in [5.74, 6) is -0.214. The molecule has 0 saturated heterocycles. The number of nitro groups is 1. The van der Waals surface area contributed by atoms with Crippen molar-refractivity contribution in [3.8, 4) is 11.1 Å². The minimum Gasteiger partial charge on any atom is -0.391 e. The van der Waals surface area contributed by atoms with E-state index in [2.05, 4.69) is 5.32 Å². The summed E-state index contributed by atoms with van der Waals surface area (Å²) < 4.78 is 29.1.